The smallest absolute Gasteiger partial charge is 0.337 e. The van der Waals surface area contributed by atoms with E-state index in [1.807, 2.05) is 18.9 Å². The minimum atomic E-state index is -1.14. The van der Waals surface area contributed by atoms with E-state index in [4.69, 9.17) is 10.8 Å². The molecule has 1 aliphatic rings. The number of aromatic carboxylic acids is 1. The highest BCUT2D eigenvalue weighted by Crippen LogP contribution is 2.28. The molecule has 19 heavy (non-hydrogen) atoms. The largest absolute Gasteiger partial charge is 0.478 e. The lowest BCUT2D eigenvalue weighted by molar-refractivity contribution is 0.0698. The Morgan fingerprint density at radius 2 is 2.16 bits per heavy atom. The molecule has 0 saturated carbocycles. The van der Waals surface area contributed by atoms with Gasteiger partial charge in [-0.15, -0.1) is 0 Å². The molecule has 1 heterocycles. The summed E-state index contributed by atoms with van der Waals surface area (Å²) in [7, 11) is 2.01. The zero-order valence-corrected chi connectivity index (χ0v) is 11.1. The zero-order valence-electron chi connectivity index (χ0n) is 11.1. The van der Waals surface area contributed by atoms with Gasteiger partial charge < -0.3 is 20.6 Å². The van der Waals surface area contributed by atoms with Crippen LogP contribution in [0.5, 0.6) is 0 Å². The molecule has 2 rings (SSSR count). The molecule has 1 fully saturated rings. The van der Waals surface area contributed by atoms with E-state index >= 15 is 0 Å². The SMILES string of the molecule is CC1CN(C)CCN1c1cc(C(=O)O)c(N)cc1F. The van der Waals surface area contributed by atoms with Crippen molar-refractivity contribution in [1.29, 1.82) is 0 Å². The number of piperazine rings is 1. The van der Waals surface area contributed by atoms with Crippen molar-refractivity contribution in [2.24, 2.45) is 0 Å². The van der Waals surface area contributed by atoms with Gasteiger partial charge in [-0.1, -0.05) is 0 Å². The van der Waals surface area contributed by atoms with Gasteiger partial charge in [-0.05, 0) is 26.1 Å². The Bertz CT molecular complexity index is 507. The van der Waals surface area contributed by atoms with E-state index in [0.29, 0.717) is 12.2 Å². The van der Waals surface area contributed by atoms with Crippen LogP contribution in [-0.4, -0.2) is 48.7 Å². The van der Waals surface area contributed by atoms with Crippen molar-refractivity contribution < 1.29 is 14.3 Å². The lowest BCUT2D eigenvalue weighted by Crippen LogP contribution is -2.50. The van der Waals surface area contributed by atoms with E-state index in [2.05, 4.69) is 4.90 Å². The van der Waals surface area contributed by atoms with Crippen molar-refractivity contribution in [2.45, 2.75) is 13.0 Å². The lowest BCUT2D eigenvalue weighted by Gasteiger charge is -2.40. The summed E-state index contributed by atoms with van der Waals surface area (Å²) in [6.45, 7) is 4.28. The molecule has 0 amide bonds. The number of rotatable bonds is 2. The molecule has 6 heteroatoms. The fourth-order valence-electron chi connectivity index (χ4n) is 2.48. The van der Waals surface area contributed by atoms with Crippen LogP contribution in [0, 0.1) is 5.82 Å². The molecule has 1 aromatic carbocycles. The Morgan fingerprint density at radius 3 is 2.74 bits per heavy atom. The van der Waals surface area contributed by atoms with Gasteiger partial charge in [0.15, 0.2) is 0 Å². The fourth-order valence-corrected chi connectivity index (χ4v) is 2.48. The van der Waals surface area contributed by atoms with Gasteiger partial charge in [-0.3, -0.25) is 0 Å². The fraction of sp³-hybridized carbons (Fsp3) is 0.462. The van der Waals surface area contributed by atoms with Crippen LogP contribution < -0.4 is 10.6 Å². The van der Waals surface area contributed by atoms with E-state index in [1.54, 1.807) is 0 Å². The average Bonchev–Trinajstić information content (AvgIpc) is 2.30. The van der Waals surface area contributed by atoms with Crippen molar-refractivity contribution in [3.8, 4) is 0 Å². The van der Waals surface area contributed by atoms with E-state index in [0.717, 1.165) is 19.2 Å². The van der Waals surface area contributed by atoms with Crippen LogP contribution >= 0.6 is 0 Å². The molecule has 1 saturated heterocycles. The highest BCUT2D eigenvalue weighted by molar-refractivity contribution is 5.95. The molecule has 1 aliphatic heterocycles. The van der Waals surface area contributed by atoms with Gasteiger partial charge in [0.1, 0.15) is 5.82 Å². The molecular formula is C13H18FN3O2. The predicted molar refractivity (Wildman–Crippen MR) is 72.1 cm³/mol. The summed E-state index contributed by atoms with van der Waals surface area (Å²) in [5.74, 6) is -1.61. The maximum atomic E-state index is 14.0. The Hall–Kier alpha value is -1.82. The van der Waals surface area contributed by atoms with Crippen LogP contribution in [0.15, 0.2) is 12.1 Å². The number of benzene rings is 1. The standard InChI is InChI=1S/C13H18FN3O2/c1-8-7-16(2)3-4-17(8)12-5-9(13(18)19)11(15)6-10(12)14/h5-6,8H,3-4,7,15H2,1-2H3,(H,18,19). The Balaban J connectivity index is 2.39. The normalized spacial score (nSPS) is 20.6. The quantitative estimate of drug-likeness (QED) is 0.789. The summed E-state index contributed by atoms with van der Waals surface area (Å²) in [4.78, 5) is 15.1. The van der Waals surface area contributed by atoms with Crippen LogP contribution in [-0.2, 0) is 0 Å². The molecule has 5 nitrogen and oxygen atoms in total. The minimum Gasteiger partial charge on any atom is -0.478 e. The number of nitrogens with two attached hydrogens (primary N) is 1. The highest BCUT2D eigenvalue weighted by Gasteiger charge is 2.25. The monoisotopic (exact) mass is 267 g/mol. The summed E-state index contributed by atoms with van der Waals surface area (Å²) in [5, 5.41) is 9.06. The average molecular weight is 267 g/mol. The Labute approximate surface area is 111 Å². The lowest BCUT2D eigenvalue weighted by atomic mass is 10.1. The zero-order chi connectivity index (χ0) is 14.2. The van der Waals surface area contributed by atoms with Gasteiger partial charge in [0, 0.05) is 31.4 Å². The van der Waals surface area contributed by atoms with Gasteiger partial charge in [0.05, 0.1) is 11.3 Å². The number of nitrogens with zero attached hydrogens (tertiary/aromatic N) is 2. The van der Waals surface area contributed by atoms with Crippen LogP contribution in [0.2, 0.25) is 0 Å². The first kappa shape index (κ1) is 13.6. The van der Waals surface area contributed by atoms with E-state index in [9.17, 15) is 9.18 Å². The second-order valence-corrected chi connectivity index (χ2v) is 5.00. The second-order valence-electron chi connectivity index (χ2n) is 5.00. The number of hydrogen-bond acceptors (Lipinski definition) is 4. The molecule has 1 unspecified atom stereocenters. The van der Waals surface area contributed by atoms with Gasteiger partial charge in [0.2, 0.25) is 0 Å². The van der Waals surface area contributed by atoms with Gasteiger partial charge in [-0.2, -0.15) is 0 Å². The van der Waals surface area contributed by atoms with Gasteiger partial charge >= 0.3 is 5.97 Å². The number of carboxylic acids is 1. The summed E-state index contributed by atoms with van der Waals surface area (Å²) in [6.07, 6.45) is 0. The van der Waals surface area contributed by atoms with Gasteiger partial charge in [0.25, 0.3) is 0 Å². The number of hydrogen-bond donors (Lipinski definition) is 2. The third-order valence-corrected chi connectivity index (χ3v) is 3.49. The van der Waals surface area contributed by atoms with E-state index in [1.165, 1.54) is 6.07 Å². The van der Waals surface area contributed by atoms with Crippen LogP contribution in [0.3, 0.4) is 0 Å². The van der Waals surface area contributed by atoms with E-state index < -0.39 is 11.8 Å². The molecule has 0 aromatic heterocycles. The van der Waals surface area contributed by atoms with Crippen LogP contribution in [0.25, 0.3) is 0 Å². The number of nitrogen functional groups attached to an aromatic ring is 1. The number of anilines is 2. The van der Waals surface area contributed by atoms with Crippen molar-refractivity contribution in [3.05, 3.63) is 23.5 Å². The van der Waals surface area contributed by atoms with Crippen LogP contribution in [0.4, 0.5) is 15.8 Å². The Kier molecular flexibility index (Phi) is 3.61. The van der Waals surface area contributed by atoms with Gasteiger partial charge in [-0.25, -0.2) is 9.18 Å². The number of carbonyl (C=O) groups is 1. The topological polar surface area (TPSA) is 69.8 Å². The number of halogens is 1. The molecule has 0 radical (unpaired) electrons. The van der Waals surface area contributed by atoms with E-state index in [-0.39, 0.29) is 17.3 Å². The predicted octanol–water partition coefficient (Wildman–Crippen LogP) is 1.25. The molecule has 0 spiro atoms. The molecule has 104 valence electrons. The highest BCUT2D eigenvalue weighted by atomic mass is 19.1. The van der Waals surface area contributed by atoms with Crippen molar-refractivity contribution in [3.63, 3.8) is 0 Å². The number of likely N-dealkylation sites (N-methyl/N-ethyl adjacent to an activating group) is 1. The first-order valence-electron chi connectivity index (χ1n) is 6.17. The summed E-state index contributed by atoms with van der Waals surface area (Å²) in [5.41, 5.74) is 5.74. The maximum absolute atomic E-state index is 14.0. The molecular weight excluding hydrogens is 249 g/mol. The first-order valence-corrected chi connectivity index (χ1v) is 6.17. The summed E-state index contributed by atoms with van der Waals surface area (Å²) >= 11 is 0. The summed E-state index contributed by atoms with van der Waals surface area (Å²) < 4.78 is 14.0. The van der Waals surface area contributed by atoms with Crippen molar-refractivity contribution in [2.75, 3.05) is 37.3 Å². The Morgan fingerprint density at radius 1 is 1.47 bits per heavy atom. The molecule has 0 bridgehead atoms. The van der Waals surface area contributed by atoms with Crippen molar-refractivity contribution >= 4 is 17.3 Å². The first-order chi connectivity index (χ1) is 8.90. The molecule has 0 aliphatic carbocycles. The summed E-state index contributed by atoms with van der Waals surface area (Å²) in [6, 6.07) is 2.54. The molecule has 1 atom stereocenters. The minimum absolute atomic E-state index is 0.0458. The maximum Gasteiger partial charge on any atom is 0.337 e. The molecule has 1 aromatic rings. The number of carboxylic acid groups (broad SMARTS) is 1. The van der Waals surface area contributed by atoms with Crippen LogP contribution in [0.1, 0.15) is 17.3 Å². The third-order valence-electron chi connectivity index (χ3n) is 3.49. The third kappa shape index (κ3) is 2.63. The second kappa shape index (κ2) is 5.05. The van der Waals surface area contributed by atoms with Crippen molar-refractivity contribution in [1.82, 2.24) is 4.90 Å². The molecule has 3 N–H and O–H groups in total.